The highest BCUT2D eigenvalue weighted by molar-refractivity contribution is 7.86. The summed E-state index contributed by atoms with van der Waals surface area (Å²) < 4.78 is 77.5. The molecule has 13 heteroatoms. The van der Waals surface area contributed by atoms with Gasteiger partial charge in [0.2, 0.25) is 5.36 Å². The van der Waals surface area contributed by atoms with Crippen LogP contribution in [0.5, 0.6) is 11.5 Å². The molecule has 6 rings (SSSR count). The molecule has 0 aromatic heterocycles. The molecule has 49 heavy (non-hydrogen) atoms. The average molecular weight is 708 g/mol. The van der Waals surface area contributed by atoms with Crippen molar-refractivity contribution in [2.75, 3.05) is 29.5 Å². The Hall–Kier alpha value is -4.30. The number of aromatic carboxylic acids is 1. The molecule has 0 spiro atoms. The molecule has 0 atom stereocenters. The Balaban J connectivity index is 1.78. The summed E-state index contributed by atoms with van der Waals surface area (Å²) in [7, 11) is -8.85. The number of hydrogen-bond acceptors (Lipinski definition) is 7. The lowest BCUT2D eigenvalue weighted by Crippen LogP contribution is -2.50. The van der Waals surface area contributed by atoms with Crippen LogP contribution < -0.4 is 24.8 Å². The molecule has 0 radical (unpaired) electrons. The lowest BCUT2D eigenvalue weighted by Gasteiger charge is -2.43. The van der Waals surface area contributed by atoms with Gasteiger partial charge < -0.3 is 14.7 Å². The van der Waals surface area contributed by atoms with Crippen molar-refractivity contribution in [2.24, 2.45) is 0 Å². The zero-order valence-corrected chi connectivity index (χ0v) is 29.7. The molecule has 0 bridgehead atoms. The van der Waals surface area contributed by atoms with Crippen LogP contribution in [0.2, 0.25) is 0 Å². The van der Waals surface area contributed by atoms with Crippen LogP contribution in [0.3, 0.4) is 0 Å². The number of hydrogen-bond donors (Lipinski definition) is 3. The molecular weight excluding hydrogens is 669 g/mol. The minimum atomic E-state index is -4.43. The standard InChI is InChI=1S/C36H38N2O9S2/c1-7-37-29-15-31-27(13-25(29)21(17-35(37,3)4)19-48(41,42)43)33(23-11-9-10-12-24(23)34(39)40)28-14-26-22(20-49(44,45)46)18-36(5,6)38(8-2)30(26)16-32(28)47-31/h9-18H,7-8,19-20H2,1-6H3,(H2-,39,40,41,42,43,44,45,46)/p+1. The Morgan fingerprint density at radius 1 is 0.816 bits per heavy atom. The zero-order valence-electron chi connectivity index (χ0n) is 28.1. The first kappa shape index (κ1) is 34.6. The summed E-state index contributed by atoms with van der Waals surface area (Å²) >= 11 is 0. The predicted molar refractivity (Wildman–Crippen MR) is 189 cm³/mol. The highest BCUT2D eigenvalue weighted by Crippen LogP contribution is 2.47. The van der Waals surface area contributed by atoms with Crippen LogP contribution in [0, 0.1) is 0 Å². The molecular formula is C36H39N2O9S2+. The summed E-state index contributed by atoms with van der Waals surface area (Å²) in [4.78, 5) is 14.7. The number of nitrogens with zero attached hydrogens (tertiary/aromatic N) is 2. The van der Waals surface area contributed by atoms with Crippen LogP contribution in [0.4, 0.5) is 5.69 Å². The molecule has 258 valence electrons. The van der Waals surface area contributed by atoms with E-state index in [1.54, 1.807) is 30.3 Å². The smallest absolute Gasteiger partial charge is 0.336 e. The number of carboxylic acids is 1. The zero-order chi connectivity index (χ0) is 35.8. The monoisotopic (exact) mass is 707 g/mol. The van der Waals surface area contributed by atoms with E-state index < -0.39 is 48.8 Å². The third-order valence-electron chi connectivity index (χ3n) is 9.41. The largest absolute Gasteiger partial charge is 0.478 e. The normalized spacial score (nSPS) is 17.6. The molecule has 3 aromatic carbocycles. The van der Waals surface area contributed by atoms with Crippen molar-refractivity contribution in [1.82, 2.24) is 4.58 Å². The Morgan fingerprint density at radius 2 is 1.45 bits per heavy atom. The van der Waals surface area contributed by atoms with E-state index in [-0.39, 0.29) is 5.56 Å². The van der Waals surface area contributed by atoms with Crippen LogP contribution in [0.15, 0.2) is 60.7 Å². The van der Waals surface area contributed by atoms with E-state index in [0.717, 1.165) is 0 Å². The maximum atomic E-state index is 12.6. The maximum absolute atomic E-state index is 12.6. The summed E-state index contributed by atoms with van der Waals surface area (Å²) in [6, 6.07) is 13.7. The molecule has 0 fully saturated rings. The summed E-state index contributed by atoms with van der Waals surface area (Å²) in [5.41, 5.74) is 2.66. The molecule has 0 unspecified atom stereocenters. The van der Waals surface area contributed by atoms with E-state index in [0.29, 0.717) is 79.8 Å². The third-order valence-corrected chi connectivity index (χ3v) is 10.8. The Labute approximate surface area is 285 Å². The van der Waals surface area contributed by atoms with E-state index in [1.165, 1.54) is 6.07 Å². The van der Waals surface area contributed by atoms with Gasteiger partial charge >= 0.3 is 5.97 Å². The van der Waals surface area contributed by atoms with Gasteiger partial charge in [-0.3, -0.25) is 9.11 Å². The number of carboxylic acid groups (broad SMARTS) is 1. The molecule has 0 saturated heterocycles. The van der Waals surface area contributed by atoms with Crippen molar-refractivity contribution >= 4 is 48.6 Å². The number of anilines is 1. The van der Waals surface area contributed by atoms with Crippen molar-refractivity contribution in [3.05, 3.63) is 99.1 Å². The van der Waals surface area contributed by atoms with E-state index in [9.17, 15) is 35.8 Å². The van der Waals surface area contributed by atoms with E-state index in [4.69, 9.17) is 4.74 Å². The highest BCUT2D eigenvalue weighted by Gasteiger charge is 2.38. The van der Waals surface area contributed by atoms with E-state index in [1.807, 2.05) is 65.8 Å². The molecule has 0 saturated carbocycles. The van der Waals surface area contributed by atoms with Crippen molar-refractivity contribution in [3.63, 3.8) is 0 Å². The van der Waals surface area contributed by atoms with Crippen LogP contribution in [0.25, 0.3) is 16.7 Å². The van der Waals surface area contributed by atoms with Crippen LogP contribution in [0.1, 0.15) is 74.2 Å². The summed E-state index contributed by atoms with van der Waals surface area (Å²) in [5, 5.41) is 11.5. The topological polar surface area (TPSA) is 162 Å². The molecule has 3 aliphatic heterocycles. The van der Waals surface area contributed by atoms with E-state index >= 15 is 0 Å². The maximum Gasteiger partial charge on any atom is 0.336 e. The fraction of sp³-hybridized carbons (Fsp3) is 0.333. The molecule has 0 aliphatic carbocycles. The van der Waals surface area contributed by atoms with Gasteiger partial charge in [0.05, 0.1) is 22.7 Å². The summed E-state index contributed by atoms with van der Waals surface area (Å²) in [5.74, 6) is -1.59. The number of likely N-dealkylation sites (N-methyl/N-ethyl adjacent to an activating group) is 2. The highest BCUT2D eigenvalue weighted by atomic mass is 32.2. The van der Waals surface area contributed by atoms with Crippen molar-refractivity contribution < 1.29 is 40.6 Å². The lowest BCUT2D eigenvalue weighted by atomic mass is 9.83. The number of carbonyl (C=O) groups is 1. The second kappa shape index (κ2) is 11.7. The van der Waals surface area contributed by atoms with Crippen molar-refractivity contribution in [3.8, 4) is 11.5 Å². The Bertz CT molecular complexity index is 2370. The quantitative estimate of drug-likeness (QED) is 0.179. The van der Waals surface area contributed by atoms with Crippen molar-refractivity contribution in [2.45, 2.75) is 52.6 Å². The molecule has 0 amide bonds. The Kier molecular flexibility index (Phi) is 8.22. The van der Waals surface area contributed by atoms with Gasteiger partial charge in [-0.05, 0) is 68.7 Å². The van der Waals surface area contributed by atoms with E-state index in [2.05, 4.69) is 9.48 Å². The van der Waals surface area contributed by atoms with Crippen LogP contribution in [-0.2, 0) is 20.2 Å². The number of rotatable bonds is 8. The van der Waals surface area contributed by atoms with Gasteiger partial charge in [0, 0.05) is 54.1 Å². The SMILES string of the molecule is CCN1c2cc3c(cc2C(CS(=O)(=O)O)=CC1(C)C)C(c1ccccc1C(=O)O)=c1cc2c(cc1O3)=[N+](CC)C(C)(C)C=C2CS(=O)(=O)O. The van der Waals surface area contributed by atoms with Gasteiger partial charge in [0.25, 0.3) is 20.2 Å². The summed E-state index contributed by atoms with van der Waals surface area (Å²) in [6.45, 7) is 12.9. The molecule has 3 N–H and O–H groups in total. The lowest BCUT2D eigenvalue weighted by molar-refractivity contribution is 0.0696. The predicted octanol–water partition coefficient (Wildman–Crippen LogP) is 4.20. The van der Waals surface area contributed by atoms with Gasteiger partial charge in [0.15, 0.2) is 5.54 Å². The minimum absolute atomic E-state index is 0.0155. The van der Waals surface area contributed by atoms with Crippen LogP contribution >= 0.6 is 0 Å². The van der Waals surface area contributed by atoms with Gasteiger partial charge in [-0.15, -0.1) is 0 Å². The Morgan fingerprint density at radius 3 is 2.04 bits per heavy atom. The molecule has 11 nitrogen and oxygen atoms in total. The fourth-order valence-corrected chi connectivity index (χ4v) is 8.94. The first-order valence-electron chi connectivity index (χ1n) is 15.9. The number of fused-ring (bicyclic) bond motifs is 4. The van der Waals surface area contributed by atoms with Gasteiger partial charge in [-0.1, -0.05) is 24.3 Å². The first-order chi connectivity index (χ1) is 22.7. The fourth-order valence-electron chi connectivity index (χ4n) is 7.67. The van der Waals surface area contributed by atoms with Gasteiger partial charge in [0.1, 0.15) is 29.5 Å². The average Bonchev–Trinajstić information content (AvgIpc) is 2.96. The third kappa shape index (κ3) is 6.20. The number of benzene rings is 3. The summed E-state index contributed by atoms with van der Waals surface area (Å²) in [6.07, 6.45) is 3.62. The minimum Gasteiger partial charge on any atom is -0.478 e. The molecule has 3 heterocycles. The number of ether oxygens (including phenoxy) is 1. The first-order valence-corrected chi connectivity index (χ1v) is 19.1. The molecule has 3 aliphatic rings. The van der Waals surface area contributed by atoms with Gasteiger partial charge in [-0.2, -0.15) is 16.8 Å². The second-order valence-electron chi connectivity index (χ2n) is 13.6. The van der Waals surface area contributed by atoms with Crippen LogP contribution in [-0.4, -0.2) is 72.7 Å². The second-order valence-corrected chi connectivity index (χ2v) is 16.6. The van der Waals surface area contributed by atoms with Gasteiger partial charge in [-0.25, -0.2) is 9.37 Å². The van der Waals surface area contributed by atoms with Crippen molar-refractivity contribution in [1.29, 1.82) is 0 Å². The molecule has 3 aromatic rings.